The number of hydrogen-bond acceptors (Lipinski definition) is 3. The molecule has 0 aliphatic carbocycles. The number of pyridine rings is 1. The van der Waals surface area contributed by atoms with Crippen LogP contribution in [-0.4, -0.2) is 18.1 Å². The first-order valence-electron chi connectivity index (χ1n) is 3.91. The molecule has 0 atom stereocenters. The number of rotatable bonds is 2. The van der Waals surface area contributed by atoms with Gasteiger partial charge in [0.25, 0.3) is 0 Å². The second kappa shape index (κ2) is 4.40. The summed E-state index contributed by atoms with van der Waals surface area (Å²) in [5, 5.41) is 0. The number of nitrogens with zero attached hydrogens (tertiary/aromatic N) is 1. The molecule has 0 radical (unpaired) electrons. The van der Waals surface area contributed by atoms with E-state index < -0.39 is 0 Å². The van der Waals surface area contributed by atoms with Crippen LogP contribution >= 0.6 is 0 Å². The Balaban J connectivity index is 2.80. The molecule has 1 aromatic rings. The smallest absolute Gasteiger partial charge is 0.330 e. The number of aryl methyl sites for hydroxylation is 1. The lowest BCUT2D eigenvalue weighted by Crippen LogP contribution is -1.94. The van der Waals surface area contributed by atoms with Crippen LogP contribution in [0.2, 0.25) is 0 Å². The molecule has 0 aliphatic rings. The van der Waals surface area contributed by atoms with E-state index in [0.29, 0.717) is 0 Å². The van der Waals surface area contributed by atoms with Gasteiger partial charge in [0.05, 0.1) is 7.11 Å². The average molecular weight is 177 g/mol. The predicted octanol–water partition coefficient (Wildman–Crippen LogP) is 1.58. The quantitative estimate of drug-likeness (QED) is 0.508. The van der Waals surface area contributed by atoms with Gasteiger partial charge in [-0.3, -0.25) is 4.98 Å². The van der Waals surface area contributed by atoms with Crippen molar-refractivity contribution in [3.05, 3.63) is 35.7 Å². The zero-order chi connectivity index (χ0) is 9.68. The summed E-state index contributed by atoms with van der Waals surface area (Å²) >= 11 is 0. The van der Waals surface area contributed by atoms with E-state index in [-0.39, 0.29) is 5.97 Å². The molecule has 1 heterocycles. The van der Waals surface area contributed by atoms with Gasteiger partial charge in [-0.25, -0.2) is 4.79 Å². The SMILES string of the molecule is COC(=O)/C=C/c1cccnc1C. The van der Waals surface area contributed by atoms with Crippen LogP contribution < -0.4 is 0 Å². The summed E-state index contributed by atoms with van der Waals surface area (Å²) in [6, 6.07) is 3.71. The monoisotopic (exact) mass is 177 g/mol. The molecule has 3 nitrogen and oxygen atoms in total. The first-order chi connectivity index (χ1) is 6.24. The lowest BCUT2D eigenvalue weighted by atomic mass is 10.2. The standard InChI is InChI=1S/C10H11NO2/c1-8-9(4-3-7-11-8)5-6-10(12)13-2/h3-7H,1-2H3/b6-5+. The number of hydrogen-bond donors (Lipinski definition) is 0. The van der Waals surface area contributed by atoms with Gasteiger partial charge in [-0.15, -0.1) is 0 Å². The van der Waals surface area contributed by atoms with Crippen molar-refractivity contribution in [3.8, 4) is 0 Å². The Morgan fingerprint density at radius 3 is 3.00 bits per heavy atom. The molecule has 0 aliphatic heterocycles. The van der Waals surface area contributed by atoms with E-state index in [1.807, 2.05) is 19.1 Å². The molecule has 1 aromatic heterocycles. The van der Waals surface area contributed by atoms with Gasteiger partial charge in [0.1, 0.15) is 0 Å². The fraction of sp³-hybridized carbons (Fsp3) is 0.200. The minimum atomic E-state index is -0.358. The second-order valence-corrected chi connectivity index (χ2v) is 2.53. The highest BCUT2D eigenvalue weighted by atomic mass is 16.5. The Labute approximate surface area is 77.1 Å². The minimum absolute atomic E-state index is 0.358. The van der Waals surface area contributed by atoms with E-state index >= 15 is 0 Å². The zero-order valence-electron chi connectivity index (χ0n) is 7.65. The molecule has 0 unspecified atom stereocenters. The molecule has 0 aromatic carbocycles. The van der Waals surface area contributed by atoms with Crippen molar-refractivity contribution in [2.75, 3.05) is 7.11 Å². The van der Waals surface area contributed by atoms with Crippen LogP contribution in [0.4, 0.5) is 0 Å². The summed E-state index contributed by atoms with van der Waals surface area (Å²) < 4.78 is 4.47. The molecule has 0 saturated heterocycles. The largest absolute Gasteiger partial charge is 0.466 e. The first-order valence-corrected chi connectivity index (χ1v) is 3.91. The number of carbonyl (C=O) groups excluding carboxylic acids is 1. The van der Waals surface area contributed by atoms with E-state index in [2.05, 4.69) is 9.72 Å². The maximum absolute atomic E-state index is 10.8. The summed E-state index contributed by atoms with van der Waals surface area (Å²) in [5.41, 5.74) is 1.82. The van der Waals surface area contributed by atoms with Crippen molar-refractivity contribution in [1.29, 1.82) is 0 Å². The molecular weight excluding hydrogens is 166 g/mol. The number of aromatic nitrogens is 1. The van der Waals surface area contributed by atoms with Crippen molar-refractivity contribution in [1.82, 2.24) is 4.98 Å². The highest BCUT2D eigenvalue weighted by molar-refractivity contribution is 5.87. The third-order valence-corrected chi connectivity index (χ3v) is 1.65. The molecule has 0 amide bonds. The number of methoxy groups -OCH3 is 1. The highest BCUT2D eigenvalue weighted by Crippen LogP contribution is 2.05. The third kappa shape index (κ3) is 2.71. The van der Waals surface area contributed by atoms with Crippen LogP contribution in [0.5, 0.6) is 0 Å². The van der Waals surface area contributed by atoms with E-state index in [9.17, 15) is 4.79 Å². The van der Waals surface area contributed by atoms with Crippen LogP contribution in [-0.2, 0) is 9.53 Å². The maximum atomic E-state index is 10.8. The van der Waals surface area contributed by atoms with Gasteiger partial charge < -0.3 is 4.74 Å². The normalized spacial score (nSPS) is 10.3. The summed E-state index contributed by atoms with van der Waals surface area (Å²) in [6.07, 6.45) is 4.78. The molecule has 0 spiro atoms. The van der Waals surface area contributed by atoms with Crippen molar-refractivity contribution in [2.45, 2.75) is 6.92 Å². The lowest BCUT2D eigenvalue weighted by molar-refractivity contribution is -0.134. The van der Waals surface area contributed by atoms with E-state index in [0.717, 1.165) is 11.3 Å². The maximum Gasteiger partial charge on any atom is 0.330 e. The molecule has 0 N–H and O–H groups in total. The van der Waals surface area contributed by atoms with Crippen molar-refractivity contribution in [2.24, 2.45) is 0 Å². The van der Waals surface area contributed by atoms with Crippen LogP contribution in [0.15, 0.2) is 24.4 Å². The molecule has 68 valence electrons. The molecular formula is C10H11NO2. The Morgan fingerprint density at radius 2 is 2.38 bits per heavy atom. The van der Waals surface area contributed by atoms with Gasteiger partial charge in [0.15, 0.2) is 0 Å². The molecule has 3 heteroatoms. The average Bonchev–Trinajstić information content (AvgIpc) is 2.16. The highest BCUT2D eigenvalue weighted by Gasteiger charge is 1.94. The topological polar surface area (TPSA) is 39.2 Å². The molecule has 0 fully saturated rings. The summed E-state index contributed by atoms with van der Waals surface area (Å²) in [6.45, 7) is 1.89. The van der Waals surface area contributed by atoms with Crippen molar-refractivity contribution in [3.63, 3.8) is 0 Å². The molecule has 0 saturated carbocycles. The van der Waals surface area contributed by atoms with Gasteiger partial charge >= 0.3 is 5.97 Å². The first kappa shape index (κ1) is 9.45. The van der Waals surface area contributed by atoms with E-state index in [1.54, 1.807) is 12.3 Å². The van der Waals surface area contributed by atoms with Gasteiger partial charge in [0, 0.05) is 18.0 Å². The van der Waals surface area contributed by atoms with E-state index in [4.69, 9.17) is 0 Å². The fourth-order valence-corrected chi connectivity index (χ4v) is 0.899. The minimum Gasteiger partial charge on any atom is -0.466 e. The Morgan fingerprint density at radius 1 is 1.62 bits per heavy atom. The van der Waals surface area contributed by atoms with Crippen molar-refractivity contribution < 1.29 is 9.53 Å². The third-order valence-electron chi connectivity index (χ3n) is 1.65. The second-order valence-electron chi connectivity index (χ2n) is 2.53. The fourth-order valence-electron chi connectivity index (χ4n) is 0.899. The molecule has 1 rings (SSSR count). The zero-order valence-corrected chi connectivity index (χ0v) is 7.65. The predicted molar refractivity (Wildman–Crippen MR) is 50.0 cm³/mol. The van der Waals surface area contributed by atoms with Crippen LogP contribution in [0.25, 0.3) is 6.08 Å². The van der Waals surface area contributed by atoms with E-state index in [1.165, 1.54) is 13.2 Å². The van der Waals surface area contributed by atoms with Crippen molar-refractivity contribution >= 4 is 12.0 Å². The summed E-state index contributed by atoms with van der Waals surface area (Å²) in [4.78, 5) is 14.8. The van der Waals surface area contributed by atoms with Crippen LogP contribution in [0.3, 0.4) is 0 Å². The van der Waals surface area contributed by atoms with Gasteiger partial charge in [0.2, 0.25) is 0 Å². The number of carbonyl (C=O) groups is 1. The van der Waals surface area contributed by atoms with Gasteiger partial charge in [-0.2, -0.15) is 0 Å². The lowest BCUT2D eigenvalue weighted by Gasteiger charge is -1.96. The summed E-state index contributed by atoms with van der Waals surface area (Å²) in [5.74, 6) is -0.358. The Kier molecular flexibility index (Phi) is 3.20. The number of esters is 1. The van der Waals surface area contributed by atoms with Gasteiger partial charge in [-0.1, -0.05) is 6.07 Å². The Hall–Kier alpha value is -1.64. The Bertz CT molecular complexity index is 331. The number of ether oxygens (including phenoxy) is 1. The van der Waals surface area contributed by atoms with Gasteiger partial charge in [-0.05, 0) is 24.6 Å². The van der Waals surface area contributed by atoms with Crippen LogP contribution in [0.1, 0.15) is 11.3 Å². The molecule has 0 bridgehead atoms. The molecule has 13 heavy (non-hydrogen) atoms. The van der Waals surface area contributed by atoms with Crippen LogP contribution in [0, 0.1) is 6.92 Å². The summed E-state index contributed by atoms with van der Waals surface area (Å²) in [7, 11) is 1.35.